The number of amides is 1. The summed E-state index contributed by atoms with van der Waals surface area (Å²) in [5, 5.41) is 7.60. The number of anilines is 1. The molecule has 3 N–H and O–H groups in total. The number of hydrogen-bond donors (Lipinski definition) is 2. The molecule has 0 radical (unpaired) electrons. The van der Waals surface area contributed by atoms with Crippen LogP contribution in [0.2, 0.25) is 0 Å². The maximum Gasteiger partial charge on any atom is 0.342 e. The second-order valence-electron chi connectivity index (χ2n) is 7.11. The first-order valence-corrected chi connectivity index (χ1v) is 11.8. The number of carbonyl (C=O) groups excluding carboxylic acids is 2. The number of carbonyl (C=O) groups is 2. The second-order valence-corrected chi connectivity index (χ2v) is 8.67. The van der Waals surface area contributed by atoms with Gasteiger partial charge in [-0.3, -0.25) is 4.79 Å². The standard InChI is InChI=1S/C24H24N2O7S/c1-17(23(27)26-18-11-13-20(14-12-18)34(25,29)30)33-24(28)21-9-5-6-10-22(21)32-16-15-31-19-7-3-2-4-8-19/h2-14,17H,15-16H2,1H3,(H,26,27)(H2,25,29,30). The number of esters is 1. The third-order valence-electron chi connectivity index (χ3n) is 4.56. The molecule has 3 aromatic carbocycles. The van der Waals surface area contributed by atoms with Gasteiger partial charge in [-0.25, -0.2) is 18.4 Å². The van der Waals surface area contributed by atoms with E-state index in [-0.39, 0.29) is 23.7 Å². The Morgan fingerprint density at radius 3 is 2.18 bits per heavy atom. The van der Waals surface area contributed by atoms with Gasteiger partial charge in [-0.2, -0.15) is 0 Å². The third-order valence-corrected chi connectivity index (χ3v) is 5.49. The van der Waals surface area contributed by atoms with E-state index in [2.05, 4.69) is 5.32 Å². The van der Waals surface area contributed by atoms with Crippen LogP contribution in [0.25, 0.3) is 0 Å². The summed E-state index contributed by atoms with van der Waals surface area (Å²) < 4.78 is 39.2. The van der Waals surface area contributed by atoms with E-state index in [1.54, 1.807) is 18.2 Å². The molecule has 178 valence electrons. The maximum atomic E-state index is 12.6. The second kappa shape index (κ2) is 11.3. The van der Waals surface area contributed by atoms with Gasteiger partial charge in [0.05, 0.1) is 4.90 Å². The first-order valence-electron chi connectivity index (χ1n) is 10.3. The van der Waals surface area contributed by atoms with E-state index >= 15 is 0 Å². The quantitative estimate of drug-likeness (QED) is 0.334. The van der Waals surface area contributed by atoms with Crippen molar-refractivity contribution in [3.8, 4) is 11.5 Å². The fourth-order valence-electron chi connectivity index (χ4n) is 2.84. The van der Waals surface area contributed by atoms with Crippen molar-refractivity contribution in [1.29, 1.82) is 0 Å². The van der Waals surface area contributed by atoms with Gasteiger partial charge in [-0.15, -0.1) is 0 Å². The highest BCUT2D eigenvalue weighted by atomic mass is 32.2. The number of ether oxygens (including phenoxy) is 3. The van der Waals surface area contributed by atoms with Gasteiger partial charge in [0, 0.05) is 5.69 Å². The summed E-state index contributed by atoms with van der Waals surface area (Å²) in [6.45, 7) is 1.89. The van der Waals surface area contributed by atoms with Crippen LogP contribution in [-0.4, -0.2) is 39.6 Å². The van der Waals surface area contributed by atoms with Crippen molar-refractivity contribution < 1.29 is 32.2 Å². The highest BCUT2D eigenvalue weighted by molar-refractivity contribution is 7.89. The molecular weight excluding hydrogens is 460 g/mol. The highest BCUT2D eigenvalue weighted by Crippen LogP contribution is 2.20. The summed E-state index contributed by atoms with van der Waals surface area (Å²) in [6.07, 6.45) is -1.13. The topological polar surface area (TPSA) is 134 Å². The van der Waals surface area contributed by atoms with Crippen LogP contribution in [0.4, 0.5) is 5.69 Å². The fraction of sp³-hybridized carbons (Fsp3) is 0.167. The van der Waals surface area contributed by atoms with Gasteiger partial charge in [-0.05, 0) is 55.5 Å². The molecule has 0 aromatic heterocycles. The average Bonchev–Trinajstić information content (AvgIpc) is 2.82. The molecule has 0 heterocycles. The Bertz CT molecular complexity index is 1230. The van der Waals surface area contributed by atoms with Gasteiger partial charge in [0.1, 0.15) is 30.3 Å². The lowest BCUT2D eigenvalue weighted by atomic mass is 10.2. The Hall–Kier alpha value is -3.89. The zero-order valence-corrected chi connectivity index (χ0v) is 19.2. The molecule has 10 heteroatoms. The van der Waals surface area contributed by atoms with Crippen molar-refractivity contribution in [3.63, 3.8) is 0 Å². The molecule has 0 saturated heterocycles. The van der Waals surface area contributed by atoms with E-state index in [1.807, 2.05) is 30.3 Å². The number of para-hydroxylation sites is 2. The van der Waals surface area contributed by atoms with Crippen molar-refractivity contribution in [2.24, 2.45) is 5.14 Å². The third kappa shape index (κ3) is 7.06. The summed E-state index contributed by atoms with van der Waals surface area (Å²) in [7, 11) is -3.84. The Labute approximate surface area is 197 Å². The van der Waals surface area contributed by atoms with Gasteiger partial charge in [-0.1, -0.05) is 30.3 Å². The van der Waals surface area contributed by atoms with Gasteiger partial charge in [0.25, 0.3) is 5.91 Å². The van der Waals surface area contributed by atoms with Crippen LogP contribution in [0.15, 0.2) is 83.8 Å². The summed E-state index contributed by atoms with van der Waals surface area (Å²) in [6, 6.07) is 21.1. The van der Waals surface area contributed by atoms with E-state index in [4.69, 9.17) is 19.3 Å². The van der Waals surface area contributed by atoms with E-state index in [1.165, 1.54) is 37.3 Å². The number of benzene rings is 3. The number of primary sulfonamides is 1. The molecule has 3 aromatic rings. The molecule has 3 rings (SSSR count). The average molecular weight is 485 g/mol. The van der Waals surface area contributed by atoms with E-state index < -0.39 is 28.0 Å². The van der Waals surface area contributed by atoms with Crippen LogP contribution in [-0.2, 0) is 19.6 Å². The van der Waals surface area contributed by atoms with Crippen LogP contribution < -0.4 is 19.9 Å². The first kappa shape index (κ1) is 24.7. The van der Waals surface area contributed by atoms with Crippen LogP contribution in [0.5, 0.6) is 11.5 Å². The highest BCUT2D eigenvalue weighted by Gasteiger charge is 2.21. The molecule has 0 bridgehead atoms. The minimum Gasteiger partial charge on any atom is -0.490 e. The molecule has 0 fully saturated rings. The molecule has 34 heavy (non-hydrogen) atoms. The van der Waals surface area contributed by atoms with E-state index in [0.717, 1.165) is 0 Å². The van der Waals surface area contributed by atoms with Crippen molar-refractivity contribution in [3.05, 3.63) is 84.4 Å². The van der Waals surface area contributed by atoms with E-state index in [9.17, 15) is 18.0 Å². The number of rotatable bonds is 10. The van der Waals surface area contributed by atoms with Crippen molar-refractivity contribution in [2.75, 3.05) is 18.5 Å². The Kier molecular flexibility index (Phi) is 8.23. The monoisotopic (exact) mass is 484 g/mol. The molecule has 0 aliphatic carbocycles. The van der Waals surface area contributed by atoms with Crippen molar-refractivity contribution in [2.45, 2.75) is 17.9 Å². The lowest BCUT2D eigenvalue weighted by molar-refractivity contribution is -0.123. The SMILES string of the molecule is CC(OC(=O)c1ccccc1OCCOc1ccccc1)C(=O)Nc1ccc(S(N)(=O)=O)cc1. The molecule has 0 aliphatic heterocycles. The predicted molar refractivity (Wildman–Crippen MR) is 125 cm³/mol. The zero-order valence-electron chi connectivity index (χ0n) is 18.3. The molecular formula is C24H24N2O7S. The van der Waals surface area contributed by atoms with Crippen molar-refractivity contribution in [1.82, 2.24) is 0 Å². The fourth-order valence-corrected chi connectivity index (χ4v) is 3.35. The minimum atomic E-state index is -3.84. The Balaban J connectivity index is 1.54. The van der Waals surface area contributed by atoms with Gasteiger partial charge in [0.15, 0.2) is 6.10 Å². The molecule has 0 spiro atoms. The van der Waals surface area contributed by atoms with Crippen molar-refractivity contribution >= 4 is 27.6 Å². The molecule has 1 unspecified atom stereocenters. The number of nitrogens with one attached hydrogen (secondary N) is 1. The molecule has 9 nitrogen and oxygen atoms in total. The lowest BCUT2D eigenvalue weighted by Gasteiger charge is -2.16. The Morgan fingerprint density at radius 1 is 0.882 bits per heavy atom. The summed E-state index contributed by atoms with van der Waals surface area (Å²) in [5.41, 5.74) is 0.488. The number of hydrogen-bond acceptors (Lipinski definition) is 7. The number of sulfonamides is 1. The van der Waals surface area contributed by atoms with Crippen LogP contribution >= 0.6 is 0 Å². The lowest BCUT2D eigenvalue weighted by Crippen LogP contribution is -2.30. The van der Waals surface area contributed by atoms with Gasteiger partial charge in [0.2, 0.25) is 10.0 Å². The Morgan fingerprint density at radius 2 is 1.50 bits per heavy atom. The van der Waals surface area contributed by atoms with Crippen LogP contribution in [0.3, 0.4) is 0 Å². The molecule has 0 saturated carbocycles. The molecule has 1 amide bonds. The molecule has 1 atom stereocenters. The normalized spacial score (nSPS) is 11.8. The largest absolute Gasteiger partial charge is 0.490 e. The summed E-state index contributed by atoms with van der Waals surface area (Å²) in [5.74, 6) is -0.313. The minimum absolute atomic E-state index is 0.0873. The van der Waals surface area contributed by atoms with Crippen LogP contribution in [0.1, 0.15) is 17.3 Å². The number of nitrogens with two attached hydrogens (primary N) is 1. The summed E-state index contributed by atoms with van der Waals surface area (Å²) in [4.78, 5) is 25.0. The zero-order chi connectivity index (χ0) is 24.6. The predicted octanol–water partition coefficient (Wildman–Crippen LogP) is 2.98. The maximum absolute atomic E-state index is 12.6. The summed E-state index contributed by atoms with van der Waals surface area (Å²) >= 11 is 0. The van der Waals surface area contributed by atoms with Crippen LogP contribution in [0, 0.1) is 0 Å². The van der Waals surface area contributed by atoms with E-state index in [0.29, 0.717) is 17.2 Å². The smallest absolute Gasteiger partial charge is 0.342 e. The first-order chi connectivity index (χ1) is 16.2. The molecule has 0 aliphatic rings. The van der Waals surface area contributed by atoms with Gasteiger partial charge < -0.3 is 19.5 Å². The van der Waals surface area contributed by atoms with Gasteiger partial charge >= 0.3 is 5.97 Å².